The quantitative estimate of drug-likeness (QED) is 0.846. The van der Waals surface area contributed by atoms with Crippen molar-refractivity contribution in [3.8, 4) is 5.69 Å². The van der Waals surface area contributed by atoms with Crippen molar-refractivity contribution in [1.29, 1.82) is 0 Å². The molecule has 0 aliphatic rings. The maximum absolute atomic E-state index is 12.9. The van der Waals surface area contributed by atoms with E-state index in [1.165, 1.54) is 11.6 Å². The highest BCUT2D eigenvalue weighted by Crippen LogP contribution is 2.34. The van der Waals surface area contributed by atoms with Gasteiger partial charge >= 0.3 is 12.1 Å². The van der Waals surface area contributed by atoms with Crippen molar-refractivity contribution in [2.24, 2.45) is 0 Å². The molecule has 0 unspecified atom stereocenters. The molecule has 0 aliphatic carbocycles. The van der Waals surface area contributed by atoms with E-state index < -0.39 is 17.6 Å². The first-order valence-corrected chi connectivity index (χ1v) is 7.74. The highest BCUT2D eigenvalue weighted by atomic mass is 19.4. The molecule has 0 N–H and O–H groups in total. The van der Waals surface area contributed by atoms with Gasteiger partial charge in [0.2, 0.25) is 0 Å². The van der Waals surface area contributed by atoms with Crippen molar-refractivity contribution in [3.05, 3.63) is 35.2 Å². The van der Waals surface area contributed by atoms with Gasteiger partial charge in [0.05, 0.1) is 5.69 Å². The van der Waals surface area contributed by atoms with Crippen LogP contribution in [0.3, 0.4) is 0 Å². The number of carbonyl (C=O) groups is 1. The smallest absolute Gasteiger partial charge is 0.325 e. The molecule has 0 radical (unpaired) electrons. The van der Waals surface area contributed by atoms with Crippen LogP contribution in [0, 0.1) is 13.8 Å². The SMILES string of the molecule is CC[C@@](C)(c1nnnn1-c1c(C)cccc1C)N(C)C(=O)C(F)(F)F. The molecule has 136 valence electrons. The Kier molecular flexibility index (Phi) is 4.87. The van der Waals surface area contributed by atoms with Gasteiger partial charge in [-0.3, -0.25) is 4.79 Å². The van der Waals surface area contributed by atoms with Crippen molar-refractivity contribution < 1.29 is 18.0 Å². The molecule has 1 aromatic heterocycles. The Morgan fingerprint density at radius 2 is 1.80 bits per heavy atom. The van der Waals surface area contributed by atoms with Gasteiger partial charge in [0.25, 0.3) is 0 Å². The van der Waals surface area contributed by atoms with Gasteiger partial charge in [-0.25, -0.2) is 0 Å². The molecule has 25 heavy (non-hydrogen) atoms. The van der Waals surface area contributed by atoms with E-state index in [1.807, 2.05) is 32.0 Å². The first kappa shape index (κ1) is 18.9. The minimum atomic E-state index is -4.97. The zero-order valence-electron chi connectivity index (χ0n) is 14.7. The third-order valence-corrected chi connectivity index (χ3v) is 4.58. The van der Waals surface area contributed by atoms with Gasteiger partial charge in [0.15, 0.2) is 5.82 Å². The molecule has 9 heteroatoms. The molecule has 0 aliphatic heterocycles. The molecule has 1 amide bonds. The Morgan fingerprint density at radius 1 is 1.24 bits per heavy atom. The van der Waals surface area contributed by atoms with Crippen molar-refractivity contribution in [1.82, 2.24) is 25.1 Å². The fraction of sp³-hybridized carbons (Fsp3) is 0.500. The molecular weight excluding hydrogens is 335 g/mol. The molecule has 0 fully saturated rings. The van der Waals surface area contributed by atoms with E-state index in [-0.39, 0.29) is 12.2 Å². The third-order valence-electron chi connectivity index (χ3n) is 4.58. The van der Waals surface area contributed by atoms with Crippen molar-refractivity contribution in [3.63, 3.8) is 0 Å². The van der Waals surface area contributed by atoms with E-state index in [0.717, 1.165) is 18.2 Å². The molecule has 2 rings (SSSR count). The Labute approximate surface area is 143 Å². The summed E-state index contributed by atoms with van der Waals surface area (Å²) in [5, 5.41) is 11.5. The van der Waals surface area contributed by atoms with Crippen LogP contribution in [0.2, 0.25) is 0 Å². The molecule has 0 bridgehead atoms. The lowest BCUT2D eigenvalue weighted by atomic mass is 9.95. The summed E-state index contributed by atoms with van der Waals surface area (Å²) in [5.41, 5.74) is 1.11. The summed E-state index contributed by atoms with van der Waals surface area (Å²) in [6, 6.07) is 5.60. The van der Waals surface area contributed by atoms with Crippen LogP contribution in [0.5, 0.6) is 0 Å². The summed E-state index contributed by atoms with van der Waals surface area (Å²) in [5.74, 6) is -1.76. The molecule has 0 saturated heterocycles. The maximum atomic E-state index is 12.9. The minimum absolute atomic E-state index is 0.174. The van der Waals surface area contributed by atoms with Gasteiger partial charge in [-0.15, -0.1) is 5.10 Å². The monoisotopic (exact) mass is 355 g/mol. The number of alkyl halides is 3. The Morgan fingerprint density at radius 3 is 2.28 bits per heavy atom. The predicted octanol–water partition coefficient (Wildman–Crippen LogP) is 2.93. The molecule has 6 nitrogen and oxygen atoms in total. The minimum Gasteiger partial charge on any atom is -0.325 e. The van der Waals surface area contributed by atoms with Gasteiger partial charge < -0.3 is 4.90 Å². The second kappa shape index (κ2) is 6.45. The third kappa shape index (κ3) is 3.22. The van der Waals surface area contributed by atoms with Gasteiger partial charge in [0, 0.05) is 7.05 Å². The number of halogens is 3. The van der Waals surface area contributed by atoms with Gasteiger partial charge in [0.1, 0.15) is 5.54 Å². The summed E-state index contributed by atoms with van der Waals surface area (Å²) in [6.07, 6.45) is -4.77. The number of aromatic nitrogens is 4. The fourth-order valence-electron chi connectivity index (χ4n) is 2.77. The number of nitrogens with zero attached hydrogens (tertiary/aromatic N) is 5. The fourth-order valence-corrected chi connectivity index (χ4v) is 2.77. The summed E-state index contributed by atoms with van der Waals surface area (Å²) < 4.78 is 40.1. The second-order valence-electron chi connectivity index (χ2n) is 6.14. The maximum Gasteiger partial charge on any atom is 0.471 e. The van der Waals surface area contributed by atoms with Gasteiger partial charge in [-0.1, -0.05) is 25.1 Å². The lowest BCUT2D eigenvalue weighted by molar-refractivity contribution is -0.190. The van der Waals surface area contributed by atoms with E-state index in [0.29, 0.717) is 10.6 Å². The number of amides is 1. The van der Waals surface area contributed by atoms with Crippen molar-refractivity contribution >= 4 is 5.91 Å². The average molecular weight is 355 g/mol. The van der Waals surface area contributed by atoms with Crippen LogP contribution in [0.4, 0.5) is 13.2 Å². The van der Waals surface area contributed by atoms with E-state index in [9.17, 15) is 18.0 Å². The van der Waals surface area contributed by atoms with E-state index in [1.54, 1.807) is 6.92 Å². The van der Waals surface area contributed by atoms with Crippen LogP contribution in [-0.2, 0) is 10.3 Å². The number of para-hydroxylation sites is 1. The van der Waals surface area contributed by atoms with Crippen molar-refractivity contribution in [2.75, 3.05) is 7.05 Å². The molecular formula is C16H20F3N5O. The highest BCUT2D eigenvalue weighted by molar-refractivity contribution is 5.82. The lowest BCUT2D eigenvalue weighted by Crippen LogP contribution is -2.51. The zero-order chi connectivity index (χ0) is 19.0. The lowest BCUT2D eigenvalue weighted by Gasteiger charge is -2.37. The van der Waals surface area contributed by atoms with Crippen LogP contribution in [-0.4, -0.2) is 44.2 Å². The zero-order valence-corrected chi connectivity index (χ0v) is 14.7. The summed E-state index contributed by atoms with van der Waals surface area (Å²) in [7, 11) is 1.11. The van der Waals surface area contributed by atoms with Crippen LogP contribution >= 0.6 is 0 Å². The molecule has 1 heterocycles. The number of carbonyl (C=O) groups excluding carboxylic acids is 1. The largest absolute Gasteiger partial charge is 0.471 e. The molecule has 1 atom stereocenters. The van der Waals surface area contributed by atoms with Crippen LogP contribution in [0.15, 0.2) is 18.2 Å². The molecule has 0 spiro atoms. The normalized spacial score (nSPS) is 14.2. The second-order valence-corrected chi connectivity index (χ2v) is 6.14. The topological polar surface area (TPSA) is 63.9 Å². The predicted molar refractivity (Wildman–Crippen MR) is 85.1 cm³/mol. The highest BCUT2D eigenvalue weighted by Gasteiger charge is 2.48. The average Bonchev–Trinajstić information content (AvgIpc) is 3.01. The Bertz CT molecular complexity index is 766. The van der Waals surface area contributed by atoms with E-state index in [4.69, 9.17) is 0 Å². The summed E-state index contributed by atoms with van der Waals surface area (Å²) in [4.78, 5) is 12.4. The van der Waals surface area contributed by atoms with Crippen LogP contribution in [0.25, 0.3) is 5.69 Å². The van der Waals surface area contributed by atoms with Gasteiger partial charge in [-0.05, 0) is 48.7 Å². The molecule has 2 aromatic rings. The number of benzene rings is 1. The summed E-state index contributed by atoms with van der Waals surface area (Å²) >= 11 is 0. The Balaban J connectivity index is 2.61. The van der Waals surface area contributed by atoms with E-state index >= 15 is 0 Å². The van der Waals surface area contributed by atoms with Crippen LogP contribution < -0.4 is 0 Å². The molecule has 0 saturated carbocycles. The number of tetrazole rings is 1. The number of hydrogen-bond donors (Lipinski definition) is 0. The number of rotatable bonds is 4. The van der Waals surface area contributed by atoms with Crippen molar-refractivity contribution in [2.45, 2.75) is 45.8 Å². The number of hydrogen-bond acceptors (Lipinski definition) is 4. The van der Waals surface area contributed by atoms with E-state index in [2.05, 4.69) is 15.5 Å². The molecule has 1 aromatic carbocycles. The van der Waals surface area contributed by atoms with Crippen LogP contribution in [0.1, 0.15) is 37.2 Å². The van der Waals surface area contributed by atoms with Gasteiger partial charge in [-0.2, -0.15) is 17.9 Å². The number of aryl methyl sites for hydroxylation is 2. The standard InChI is InChI=1S/C16H20F3N5O/c1-6-15(4,23(5)14(25)16(17,18)19)13-20-21-22-24(13)12-10(2)8-7-9-11(12)3/h7-9H,6H2,1-5H3/t15-/m0/s1. The summed E-state index contributed by atoms with van der Waals surface area (Å²) in [6.45, 7) is 6.93. The first-order chi connectivity index (χ1) is 11.5. The Hall–Kier alpha value is -2.45. The first-order valence-electron chi connectivity index (χ1n) is 7.74.